The quantitative estimate of drug-likeness (QED) is 0.751. The summed E-state index contributed by atoms with van der Waals surface area (Å²) in [5.41, 5.74) is 1.59. The molecule has 0 saturated carbocycles. The molecule has 1 aliphatic heterocycles. The van der Waals surface area contributed by atoms with Crippen molar-refractivity contribution in [3.05, 3.63) is 29.8 Å². The van der Waals surface area contributed by atoms with E-state index in [1.807, 2.05) is 19.1 Å². The lowest BCUT2D eigenvalue weighted by Gasteiger charge is -2.35. The van der Waals surface area contributed by atoms with E-state index in [0.717, 1.165) is 5.69 Å². The SMILES string of the molecule is CC1CS(=O)(=O)CCN1c1ccc(C#N)cc1. The molecule has 4 nitrogen and oxygen atoms in total. The van der Waals surface area contributed by atoms with Crippen molar-refractivity contribution < 1.29 is 8.42 Å². The van der Waals surface area contributed by atoms with Gasteiger partial charge in [0.2, 0.25) is 0 Å². The third-order valence-corrected chi connectivity index (χ3v) is 4.79. The average Bonchev–Trinajstić information content (AvgIpc) is 2.28. The molecule has 17 heavy (non-hydrogen) atoms. The van der Waals surface area contributed by atoms with E-state index >= 15 is 0 Å². The fourth-order valence-corrected chi connectivity index (χ4v) is 3.67. The predicted molar refractivity (Wildman–Crippen MR) is 66.6 cm³/mol. The number of anilines is 1. The number of nitrogens with zero attached hydrogens (tertiary/aromatic N) is 2. The van der Waals surface area contributed by atoms with Crippen molar-refractivity contribution >= 4 is 15.5 Å². The molecule has 1 atom stereocenters. The molecule has 0 amide bonds. The lowest BCUT2D eigenvalue weighted by Crippen LogP contribution is -2.46. The zero-order valence-corrected chi connectivity index (χ0v) is 10.4. The summed E-state index contributed by atoms with van der Waals surface area (Å²) in [6, 6.07) is 9.30. The van der Waals surface area contributed by atoms with Crippen LogP contribution in [0.1, 0.15) is 12.5 Å². The maximum absolute atomic E-state index is 11.5. The summed E-state index contributed by atoms with van der Waals surface area (Å²) in [5.74, 6) is 0.407. The number of rotatable bonds is 1. The van der Waals surface area contributed by atoms with Crippen molar-refractivity contribution in [2.75, 3.05) is 23.0 Å². The van der Waals surface area contributed by atoms with Crippen LogP contribution in [0.5, 0.6) is 0 Å². The second-order valence-corrected chi connectivity index (χ2v) is 6.54. The molecule has 0 radical (unpaired) electrons. The Hall–Kier alpha value is -1.54. The molecule has 1 aromatic rings. The Morgan fingerprint density at radius 1 is 1.35 bits per heavy atom. The van der Waals surface area contributed by atoms with Crippen LogP contribution in [0.25, 0.3) is 0 Å². The van der Waals surface area contributed by atoms with Crippen molar-refractivity contribution in [1.29, 1.82) is 5.26 Å². The first-order valence-corrected chi connectivity index (χ1v) is 7.31. The van der Waals surface area contributed by atoms with Crippen LogP contribution in [-0.2, 0) is 9.84 Å². The van der Waals surface area contributed by atoms with Gasteiger partial charge in [0.15, 0.2) is 9.84 Å². The molecule has 0 aliphatic carbocycles. The molecule has 0 aromatic heterocycles. The monoisotopic (exact) mass is 250 g/mol. The minimum atomic E-state index is -2.88. The summed E-state index contributed by atoms with van der Waals surface area (Å²) in [6.07, 6.45) is 0. The largest absolute Gasteiger partial charge is 0.367 e. The van der Waals surface area contributed by atoms with E-state index in [4.69, 9.17) is 5.26 Å². The Kier molecular flexibility index (Phi) is 3.07. The Morgan fingerprint density at radius 3 is 2.53 bits per heavy atom. The van der Waals surface area contributed by atoms with Crippen LogP contribution in [-0.4, -0.2) is 32.5 Å². The molecule has 5 heteroatoms. The molecular weight excluding hydrogens is 236 g/mol. The van der Waals surface area contributed by atoms with Crippen LogP contribution in [0.3, 0.4) is 0 Å². The second-order valence-electron chi connectivity index (χ2n) is 4.32. The van der Waals surface area contributed by atoms with E-state index < -0.39 is 9.84 Å². The van der Waals surface area contributed by atoms with Crippen LogP contribution < -0.4 is 4.90 Å². The highest BCUT2D eigenvalue weighted by molar-refractivity contribution is 7.91. The van der Waals surface area contributed by atoms with Gasteiger partial charge < -0.3 is 4.90 Å². The molecule has 1 saturated heterocycles. The van der Waals surface area contributed by atoms with Crippen molar-refractivity contribution in [3.8, 4) is 6.07 Å². The van der Waals surface area contributed by atoms with E-state index in [-0.39, 0.29) is 17.5 Å². The first kappa shape index (κ1) is 11.9. The maximum Gasteiger partial charge on any atom is 0.154 e. The lowest BCUT2D eigenvalue weighted by atomic mass is 10.2. The maximum atomic E-state index is 11.5. The van der Waals surface area contributed by atoms with Gasteiger partial charge in [0, 0.05) is 18.3 Å². The van der Waals surface area contributed by atoms with Gasteiger partial charge in [0.1, 0.15) is 0 Å². The molecule has 90 valence electrons. The normalized spacial score (nSPS) is 23.1. The van der Waals surface area contributed by atoms with Crippen molar-refractivity contribution in [2.45, 2.75) is 13.0 Å². The molecule has 2 rings (SSSR count). The minimum absolute atomic E-state index is 0.0123. The first-order valence-electron chi connectivity index (χ1n) is 5.49. The summed E-state index contributed by atoms with van der Waals surface area (Å²) in [6.45, 7) is 2.43. The highest BCUT2D eigenvalue weighted by Crippen LogP contribution is 2.21. The van der Waals surface area contributed by atoms with E-state index in [0.29, 0.717) is 12.1 Å². The van der Waals surface area contributed by atoms with Crippen LogP contribution in [0, 0.1) is 11.3 Å². The van der Waals surface area contributed by atoms with Crippen LogP contribution in [0.15, 0.2) is 24.3 Å². The Bertz CT molecular complexity index is 543. The van der Waals surface area contributed by atoms with Gasteiger partial charge in [-0.25, -0.2) is 8.42 Å². The predicted octanol–water partition coefficient (Wildman–Crippen LogP) is 1.18. The second kappa shape index (κ2) is 4.38. The standard InChI is InChI=1S/C12H14N2O2S/c1-10-9-17(15,16)7-6-14(10)12-4-2-11(8-13)3-5-12/h2-5,10H,6-7,9H2,1H3. The lowest BCUT2D eigenvalue weighted by molar-refractivity contribution is 0.568. The van der Waals surface area contributed by atoms with E-state index in [1.165, 1.54) is 0 Å². The van der Waals surface area contributed by atoms with Gasteiger partial charge in [-0.3, -0.25) is 0 Å². The van der Waals surface area contributed by atoms with Crippen molar-refractivity contribution in [3.63, 3.8) is 0 Å². The molecule has 0 spiro atoms. The van der Waals surface area contributed by atoms with Crippen LogP contribution >= 0.6 is 0 Å². The summed E-state index contributed by atoms with van der Waals surface area (Å²) in [7, 11) is -2.88. The number of benzene rings is 1. The third-order valence-electron chi connectivity index (χ3n) is 3.00. The zero-order chi connectivity index (χ0) is 12.5. The smallest absolute Gasteiger partial charge is 0.154 e. The number of hydrogen-bond acceptors (Lipinski definition) is 4. The highest BCUT2D eigenvalue weighted by Gasteiger charge is 2.27. The van der Waals surface area contributed by atoms with Crippen LogP contribution in [0.4, 0.5) is 5.69 Å². The molecule has 1 heterocycles. The van der Waals surface area contributed by atoms with Gasteiger partial charge in [-0.05, 0) is 31.2 Å². The van der Waals surface area contributed by atoms with Gasteiger partial charge in [0.05, 0.1) is 23.1 Å². The van der Waals surface area contributed by atoms with Gasteiger partial charge in [-0.1, -0.05) is 0 Å². The van der Waals surface area contributed by atoms with E-state index in [2.05, 4.69) is 11.0 Å². The minimum Gasteiger partial charge on any atom is -0.367 e. The van der Waals surface area contributed by atoms with Crippen molar-refractivity contribution in [2.24, 2.45) is 0 Å². The molecule has 1 aromatic carbocycles. The van der Waals surface area contributed by atoms with Gasteiger partial charge >= 0.3 is 0 Å². The summed E-state index contributed by atoms with van der Waals surface area (Å²) in [4.78, 5) is 2.07. The highest BCUT2D eigenvalue weighted by atomic mass is 32.2. The zero-order valence-electron chi connectivity index (χ0n) is 9.63. The third kappa shape index (κ3) is 2.59. The molecular formula is C12H14N2O2S. The number of nitriles is 1. The van der Waals surface area contributed by atoms with Gasteiger partial charge in [-0.15, -0.1) is 0 Å². The summed E-state index contributed by atoms with van der Waals surface area (Å²) < 4.78 is 22.9. The van der Waals surface area contributed by atoms with Crippen LogP contribution in [0.2, 0.25) is 0 Å². The van der Waals surface area contributed by atoms with Gasteiger partial charge in [0.25, 0.3) is 0 Å². The molecule has 0 bridgehead atoms. The molecule has 1 aliphatic rings. The molecule has 1 fully saturated rings. The Labute approximate surface area is 101 Å². The van der Waals surface area contributed by atoms with Gasteiger partial charge in [-0.2, -0.15) is 5.26 Å². The number of sulfone groups is 1. The molecule has 1 unspecified atom stereocenters. The fourth-order valence-electron chi connectivity index (χ4n) is 2.11. The summed E-state index contributed by atoms with van der Waals surface area (Å²) >= 11 is 0. The number of hydrogen-bond donors (Lipinski definition) is 0. The topological polar surface area (TPSA) is 61.2 Å². The van der Waals surface area contributed by atoms with Crippen molar-refractivity contribution in [1.82, 2.24) is 0 Å². The first-order chi connectivity index (χ1) is 8.02. The van der Waals surface area contributed by atoms with E-state index in [9.17, 15) is 8.42 Å². The average molecular weight is 250 g/mol. The summed E-state index contributed by atoms with van der Waals surface area (Å²) in [5, 5.41) is 8.72. The fraction of sp³-hybridized carbons (Fsp3) is 0.417. The Balaban J connectivity index is 2.21. The molecule has 0 N–H and O–H groups in total. The van der Waals surface area contributed by atoms with E-state index in [1.54, 1.807) is 12.1 Å². The Morgan fingerprint density at radius 2 is 2.00 bits per heavy atom.